The smallest absolute Gasteiger partial charge is 0.340 e. The molecule has 0 aliphatic heterocycles. The van der Waals surface area contributed by atoms with Crippen LogP contribution in [-0.4, -0.2) is 9.97 Å². The highest BCUT2D eigenvalue weighted by Crippen LogP contribution is 2.36. The van der Waals surface area contributed by atoms with Gasteiger partial charge in [-0.2, -0.15) is 18.2 Å². The number of hydrogen-bond acceptors (Lipinski definition) is 4. The summed E-state index contributed by atoms with van der Waals surface area (Å²) < 4.78 is 40.3. The number of benzene rings is 2. The molecule has 30 heavy (non-hydrogen) atoms. The van der Waals surface area contributed by atoms with Crippen LogP contribution in [0.5, 0.6) is 0 Å². The predicted molar refractivity (Wildman–Crippen MR) is 112 cm³/mol. The van der Waals surface area contributed by atoms with E-state index in [1.54, 1.807) is 18.2 Å². The molecule has 2 aromatic carbocycles. The first kappa shape index (κ1) is 20.2. The van der Waals surface area contributed by atoms with Gasteiger partial charge in [0.25, 0.3) is 0 Å². The van der Waals surface area contributed by atoms with Crippen molar-refractivity contribution in [3.63, 3.8) is 0 Å². The van der Waals surface area contributed by atoms with Gasteiger partial charge in [-0.25, -0.2) is 4.98 Å². The van der Waals surface area contributed by atoms with E-state index < -0.39 is 11.7 Å². The molecule has 0 amide bonds. The van der Waals surface area contributed by atoms with Gasteiger partial charge in [0.2, 0.25) is 5.95 Å². The van der Waals surface area contributed by atoms with Crippen molar-refractivity contribution in [2.45, 2.75) is 44.7 Å². The average molecular weight is 412 g/mol. The first-order valence-electron chi connectivity index (χ1n) is 10.0. The summed E-state index contributed by atoms with van der Waals surface area (Å²) in [5.74, 6) is 0.423. The molecular formula is C23H23F3N4. The Kier molecular flexibility index (Phi) is 5.61. The van der Waals surface area contributed by atoms with Crippen molar-refractivity contribution >= 4 is 23.1 Å². The molecule has 0 spiro atoms. The maximum atomic E-state index is 13.4. The summed E-state index contributed by atoms with van der Waals surface area (Å²) in [7, 11) is 0. The van der Waals surface area contributed by atoms with Crippen LogP contribution in [-0.2, 0) is 6.18 Å². The molecular weight excluding hydrogens is 389 g/mol. The van der Waals surface area contributed by atoms with Crippen molar-refractivity contribution in [2.24, 2.45) is 0 Å². The lowest BCUT2D eigenvalue weighted by Gasteiger charge is -2.15. The number of aromatic nitrogens is 2. The second-order valence-corrected chi connectivity index (χ2v) is 7.68. The predicted octanol–water partition coefficient (Wildman–Crippen LogP) is 6.95. The van der Waals surface area contributed by atoms with Crippen LogP contribution in [0.1, 0.15) is 48.3 Å². The summed E-state index contributed by atoms with van der Waals surface area (Å²) in [5, 5.41) is 5.79. The van der Waals surface area contributed by atoms with E-state index in [0.717, 1.165) is 17.4 Å². The van der Waals surface area contributed by atoms with E-state index in [0.29, 0.717) is 11.6 Å². The Balaban J connectivity index is 1.57. The Morgan fingerprint density at radius 3 is 2.33 bits per heavy atom. The molecule has 1 aliphatic rings. The molecule has 1 heterocycles. The third-order valence-corrected chi connectivity index (χ3v) is 5.37. The molecule has 7 heteroatoms. The monoisotopic (exact) mass is 412 g/mol. The lowest BCUT2D eigenvalue weighted by Crippen LogP contribution is -2.12. The van der Waals surface area contributed by atoms with E-state index in [4.69, 9.17) is 0 Å². The van der Waals surface area contributed by atoms with Crippen molar-refractivity contribution in [1.82, 2.24) is 9.97 Å². The molecule has 0 unspecified atom stereocenters. The van der Waals surface area contributed by atoms with Gasteiger partial charge in [0, 0.05) is 17.6 Å². The number of halogens is 3. The summed E-state index contributed by atoms with van der Waals surface area (Å²) in [6.45, 7) is 1.87. The van der Waals surface area contributed by atoms with Crippen LogP contribution >= 0.6 is 0 Å². The van der Waals surface area contributed by atoms with Crippen LogP contribution in [0.4, 0.5) is 36.3 Å². The SMILES string of the molecule is Cc1cccc(Nc2nc(Nc3ccc(C4CCCC4)cc3)ncc2C(F)(F)F)c1. The number of aryl methyl sites for hydroxylation is 1. The van der Waals surface area contributed by atoms with Crippen molar-refractivity contribution in [3.8, 4) is 0 Å². The zero-order chi connectivity index (χ0) is 21.1. The zero-order valence-electron chi connectivity index (χ0n) is 16.6. The Morgan fingerprint density at radius 2 is 1.67 bits per heavy atom. The van der Waals surface area contributed by atoms with Crippen LogP contribution in [0.15, 0.2) is 54.7 Å². The maximum Gasteiger partial charge on any atom is 0.421 e. The standard InChI is InChI=1S/C23H23F3N4/c1-15-5-4-8-19(13-15)28-21-20(23(24,25)26)14-27-22(30-21)29-18-11-9-17(10-12-18)16-6-2-3-7-16/h4-5,8-14,16H,2-3,6-7H2,1H3,(H2,27,28,29,30). The molecule has 0 radical (unpaired) electrons. The number of anilines is 4. The van der Waals surface area contributed by atoms with E-state index in [1.165, 1.54) is 31.2 Å². The van der Waals surface area contributed by atoms with Crippen LogP contribution in [0, 0.1) is 6.92 Å². The molecule has 3 aromatic rings. The van der Waals surface area contributed by atoms with Crippen molar-refractivity contribution in [1.29, 1.82) is 0 Å². The van der Waals surface area contributed by atoms with E-state index >= 15 is 0 Å². The lowest BCUT2D eigenvalue weighted by atomic mass is 9.98. The molecule has 0 saturated heterocycles. The van der Waals surface area contributed by atoms with Crippen LogP contribution in [0.25, 0.3) is 0 Å². The first-order chi connectivity index (χ1) is 14.4. The van der Waals surface area contributed by atoms with Crippen molar-refractivity contribution < 1.29 is 13.2 Å². The van der Waals surface area contributed by atoms with Gasteiger partial charge in [0.05, 0.1) is 0 Å². The molecule has 0 atom stereocenters. The van der Waals surface area contributed by atoms with Crippen molar-refractivity contribution in [2.75, 3.05) is 10.6 Å². The van der Waals surface area contributed by atoms with Gasteiger partial charge < -0.3 is 10.6 Å². The molecule has 1 saturated carbocycles. The Labute approximate surface area is 173 Å². The van der Waals surface area contributed by atoms with Gasteiger partial charge in [-0.05, 0) is 61.1 Å². The zero-order valence-corrected chi connectivity index (χ0v) is 16.6. The molecule has 1 aliphatic carbocycles. The normalized spacial score (nSPS) is 14.7. The highest BCUT2D eigenvalue weighted by Gasteiger charge is 2.35. The number of rotatable bonds is 5. The quantitative estimate of drug-likeness (QED) is 0.476. The second kappa shape index (κ2) is 8.34. The molecule has 1 aromatic heterocycles. The minimum Gasteiger partial charge on any atom is -0.340 e. The largest absolute Gasteiger partial charge is 0.421 e. The van der Waals surface area contributed by atoms with Gasteiger partial charge in [-0.15, -0.1) is 0 Å². The summed E-state index contributed by atoms with van der Waals surface area (Å²) in [6, 6.07) is 15.1. The summed E-state index contributed by atoms with van der Waals surface area (Å²) in [5.41, 5.74) is 2.59. The number of nitrogens with zero attached hydrogens (tertiary/aromatic N) is 2. The van der Waals surface area contributed by atoms with Crippen LogP contribution in [0.3, 0.4) is 0 Å². The minimum atomic E-state index is -4.56. The summed E-state index contributed by atoms with van der Waals surface area (Å²) in [6.07, 6.45) is 1.20. The molecule has 4 nitrogen and oxygen atoms in total. The first-order valence-corrected chi connectivity index (χ1v) is 10.0. The number of nitrogens with one attached hydrogen (secondary N) is 2. The topological polar surface area (TPSA) is 49.8 Å². The second-order valence-electron chi connectivity index (χ2n) is 7.68. The van der Waals surface area contributed by atoms with Gasteiger partial charge in [0.15, 0.2) is 0 Å². The highest BCUT2D eigenvalue weighted by atomic mass is 19.4. The van der Waals surface area contributed by atoms with E-state index in [2.05, 4.69) is 32.7 Å². The van der Waals surface area contributed by atoms with Gasteiger partial charge >= 0.3 is 6.18 Å². The highest BCUT2D eigenvalue weighted by molar-refractivity contribution is 5.63. The molecule has 156 valence electrons. The van der Waals surface area contributed by atoms with E-state index in [-0.39, 0.29) is 11.8 Å². The third kappa shape index (κ3) is 4.72. The lowest BCUT2D eigenvalue weighted by molar-refractivity contribution is -0.137. The fraction of sp³-hybridized carbons (Fsp3) is 0.304. The van der Waals surface area contributed by atoms with E-state index in [1.807, 2.05) is 25.1 Å². The summed E-state index contributed by atoms with van der Waals surface area (Å²) in [4.78, 5) is 7.98. The number of alkyl halides is 3. The molecule has 1 fully saturated rings. The van der Waals surface area contributed by atoms with Gasteiger partial charge in [-0.1, -0.05) is 37.1 Å². The van der Waals surface area contributed by atoms with Crippen LogP contribution in [0.2, 0.25) is 0 Å². The van der Waals surface area contributed by atoms with E-state index in [9.17, 15) is 13.2 Å². The minimum absolute atomic E-state index is 0.103. The third-order valence-electron chi connectivity index (χ3n) is 5.37. The van der Waals surface area contributed by atoms with Crippen LogP contribution < -0.4 is 10.6 Å². The number of hydrogen-bond donors (Lipinski definition) is 2. The molecule has 4 rings (SSSR count). The molecule has 0 bridgehead atoms. The Morgan fingerprint density at radius 1 is 0.933 bits per heavy atom. The summed E-state index contributed by atoms with van der Waals surface area (Å²) >= 11 is 0. The average Bonchev–Trinajstić information content (AvgIpc) is 3.23. The van der Waals surface area contributed by atoms with Gasteiger partial charge in [0.1, 0.15) is 11.4 Å². The Bertz CT molecular complexity index is 1010. The Hall–Kier alpha value is -3.09. The van der Waals surface area contributed by atoms with Gasteiger partial charge in [-0.3, -0.25) is 0 Å². The fourth-order valence-electron chi connectivity index (χ4n) is 3.83. The fourth-order valence-corrected chi connectivity index (χ4v) is 3.83. The van der Waals surface area contributed by atoms with Crippen molar-refractivity contribution in [3.05, 3.63) is 71.4 Å². The maximum absolute atomic E-state index is 13.4. The molecule has 2 N–H and O–H groups in total.